The predicted molar refractivity (Wildman–Crippen MR) is 165 cm³/mol. The van der Waals surface area contributed by atoms with Gasteiger partial charge in [0, 0.05) is 16.7 Å². The fourth-order valence-corrected chi connectivity index (χ4v) is 5.18. The van der Waals surface area contributed by atoms with Crippen LogP contribution in [0.25, 0.3) is 67.2 Å². The van der Waals surface area contributed by atoms with Crippen LogP contribution in [0, 0.1) is 0 Å². The quantitative estimate of drug-likeness (QED) is 0.231. The molecule has 6 aromatic carbocycles. The van der Waals surface area contributed by atoms with Gasteiger partial charge in [0.05, 0.1) is 0 Å². The number of fused-ring (bicyclic) bond motifs is 1. The second-order valence-corrected chi connectivity index (χ2v) is 9.69. The molecule has 0 aliphatic rings. The first-order chi connectivity index (χ1) is 19.8. The third kappa shape index (κ3) is 4.55. The monoisotopic (exact) mass is 511 g/mol. The molecule has 0 N–H and O–H groups in total. The van der Waals surface area contributed by atoms with Crippen molar-refractivity contribution < 1.29 is 0 Å². The largest absolute Gasteiger partial charge is 0.208 e. The number of rotatable bonds is 5. The van der Waals surface area contributed by atoms with E-state index in [4.69, 9.17) is 15.0 Å². The first kappa shape index (κ1) is 23.7. The van der Waals surface area contributed by atoms with Crippen molar-refractivity contribution in [3.8, 4) is 56.4 Å². The van der Waals surface area contributed by atoms with E-state index in [0.717, 1.165) is 22.3 Å². The molecule has 40 heavy (non-hydrogen) atoms. The van der Waals surface area contributed by atoms with E-state index < -0.39 is 0 Å². The van der Waals surface area contributed by atoms with E-state index >= 15 is 0 Å². The normalized spacial score (nSPS) is 11.0. The van der Waals surface area contributed by atoms with Crippen molar-refractivity contribution in [1.29, 1.82) is 0 Å². The lowest BCUT2D eigenvalue weighted by Gasteiger charge is -2.13. The van der Waals surface area contributed by atoms with Gasteiger partial charge in [0.2, 0.25) is 0 Å². The average molecular weight is 512 g/mol. The minimum atomic E-state index is 0.653. The Labute approximate surface area is 233 Å². The molecule has 0 unspecified atom stereocenters. The number of hydrogen-bond donors (Lipinski definition) is 0. The Balaban J connectivity index is 1.37. The van der Waals surface area contributed by atoms with Crippen molar-refractivity contribution in [2.45, 2.75) is 0 Å². The Morgan fingerprint density at radius 3 is 1.18 bits per heavy atom. The second-order valence-electron chi connectivity index (χ2n) is 9.69. The summed E-state index contributed by atoms with van der Waals surface area (Å²) in [4.78, 5) is 14.7. The molecule has 3 nitrogen and oxygen atoms in total. The molecule has 3 heteroatoms. The molecular weight excluding hydrogens is 486 g/mol. The zero-order valence-electron chi connectivity index (χ0n) is 21.8. The molecule has 0 bridgehead atoms. The molecule has 0 aliphatic carbocycles. The predicted octanol–water partition coefficient (Wildman–Crippen LogP) is 9.36. The van der Waals surface area contributed by atoms with Crippen molar-refractivity contribution in [1.82, 2.24) is 15.0 Å². The fraction of sp³-hybridized carbons (Fsp3) is 0. The molecule has 0 spiro atoms. The molecule has 188 valence electrons. The van der Waals surface area contributed by atoms with Crippen LogP contribution < -0.4 is 0 Å². The van der Waals surface area contributed by atoms with Gasteiger partial charge >= 0.3 is 0 Å². The van der Waals surface area contributed by atoms with Crippen molar-refractivity contribution in [3.63, 3.8) is 0 Å². The molecule has 0 atom stereocenters. The van der Waals surface area contributed by atoms with Crippen LogP contribution >= 0.6 is 0 Å². The first-order valence-electron chi connectivity index (χ1n) is 13.4. The number of benzene rings is 6. The van der Waals surface area contributed by atoms with Crippen LogP contribution in [0.4, 0.5) is 0 Å². The summed E-state index contributed by atoms with van der Waals surface area (Å²) < 4.78 is 0. The highest BCUT2D eigenvalue weighted by molar-refractivity contribution is 6.05. The minimum absolute atomic E-state index is 0.653. The molecule has 1 heterocycles. The average Bonchev–Trinajstić information content (AvgIpc) is 3.05. The molecule has 0 radical (unpaired) electrons. The van der Waals surface area contributed by atoms with Gasteiger partial charge in [-0.15, -0.1) is 0 Å². The van der Waals surface area contributed by atoms with Crippen molar-refractivity contribution in [2.24, 2.45) is 0 Å². The SMILES string of the molecule is c1ccc(-c2nc(-c3ccccc3)nc(-c3cccc(-c4ccc(-c5ccccc5)c5ccccc45)c3)n2)cc1. The summed E-state index contributed by atoms with van der Waals surface area (Å²) in [5, 5.41) is 2.45. The summed E-state index contributed by atoms with van der Waals surface area (Å²) in [6.45, 7) is 0. The molecule has 0 saturated heterocycles. The lowest BCUT2D eigenvalue weighted by Crippen LogP contribution is -2.00. The minimum Gasteiger partial charge on any atom is -0.208 e. The fourth-order valence-electron chi connectivity index (χ4n) is 5.18. The van der Waals surface area contributed by atoms with E-state index in [1.54, 1.807) is 0 Å². The summed E-state index contributed by atoms with van der Waals surface area (Å²) in [6, 6.07) is 52.3. The lowest BCUT2D eigenvalue weighted by molar-refractivity contribution is 1.07. The summed E-state index contributed by atoms with van der Waals surface area (Å²) >= 11 is 0. The van der Waals surface area contributed by atoms with Gasteiger partial charge < -0.3 is 0 Å². The molecule has 1 aromatic heterocycles. The summed E-state index contributed by atoms with van der Waals surface area (Å²) in [5.41, 5.74) is 7.61. The van der Waals surface area contributed by atoms with Gasteiger partial charge in [0.25, 0.3) is 0 Å². The Bertz CT molecular complexity index is 1870. The van der Waals surface area contributed by atoms with Crippen LogP contribution in [-0.2, 0) is 0 Å². The molecule has 0 saturated carbocycles. The number of nitrogens with zero attached hydrogens (tertiary/aromatic N) is 3. The molecule has 0 amide bonds. The Hall–Kier alpha value is -5.41. The standard InChI is InChI=1S/C37H25N3/c1-4-13-26(14-5-1)31-23-24-32(34-22-11-10-21-33(31)34)29-19-12-20-30(25-29)37-39-35(27-15-6-2-7-16-27)38-36(40-37)28-17-8-3-9-18-28/h1-25H. The highest BCUT2D eigenvalue weighted by atomic mass is 15.0. The van der Waals surface area contributed by atoms with Gasteiger partial charge in [-0.25, -0.2) is 15.0 Å². The van der Waals surface area contributed by atoms with E-state index in [0.29, 0.717) is 17.5 Å². The maximum atomic E-state index is 4.93. The van der Waals surface area contributed by atoms with Crippen LogP contribution in [0.5, 0.6) is 0 Å². The third-order valence-electron chi connectivity index (χ3n) is 7.14. The summed E-state index contributed by atoms with van der Waals surface area (Å²) in [6.07, 6.45) is 0. The third-order valence-corrected chi connectivity index (χ3v) is 7.14. The van der Waals surface area contributed by atoms with Crippen molar-refractivity contribution in [3.05, 3.63) is 152 Å². The van der Waals surface area contributed by atoms with E-state index in [9.17, 15) is 0 Å². The number of hydrogen-bond acceptors (Lipinski definition) is 3. The van der Waals surface area contributed by atoms with E-state index in [1.807, 2.05) is 60.7 Å². The smallest absolute Gasteiger partial charge is 0.164 e. The summed E-state index contributed by atoms with van der Waals surface area (Å²) in [5.74, 6) is 1.97. The molecular formula is C37H25N3. The molecule has 0 fully saturated rings. The van der Waals surface area contributed by atoms with E-state index in [2.05, 4.69) is 91.0 Å². The van der Waals surface area contributed by atoms with Crippen molar-refractivity contribution >= 4 is 10.8 Å². The highest BCUT2D eigenvalue weighted by Gasteiger charge is 2.14. The molecule has 7 aromatic rings. The number of aromatic nitrogens is 3. The van der Waals surface area contributed by atoms with Gasteiger partial charge in [-0.2, -0.15) is 0 Å². The van der Waals surface area contributed by atoms with E-state index in [-0.39, 0.29) is 0 Å². The Morgan fingerprint density at radius 1 is 0.275 bits per heavy atom. The zero-order chi connectivity index (χ0) is 26.7. The van der Waals surface area contributed by atoms with Crippen LogP contribution in [0.2, 0.25) is 0 Å². The van der Waals surface area contributed by atoms with Crippen LogP contribution in [-0.4, -0.2) is 15.0 Å². The molecule has 0 aliphatic heterocycles. The maximum absolute atomic E-state index is 4.93. The topological polar surface area (TPSA) is 38.7 Å². The van der Waals surface area contributed by atoms with Gasteiger partial charge in [-0.1, -0.05) is 146 Å². The zero-order valence-corrected chi connectivity index (χ0v) is 21.8. The van der Waals surface area contributed by atoms with Crippen LogP contribution in [0.3, 0.4) is 0 Å². The van der Waals surface area contributed by atoms with Gasteiger partial charge in [0.1, 0.15) is 0 Å². The van der Waals surface area contributed by atoms with E-state index in [1.165, 1.54) is 27.5 Å². The first-order valence-corrected chi connectivity index (χ1v) is 13.4. The Kier molecular flexibility index (Phi) is 6.15. The van der Waals surface area contributed by atoms with Crippen molar-refractivity contribution in [2.75, 3.05) is 0 Å². The van der Waals surface area contributed by atoms with Crippen LogP contribution in [0.1, 0.15) is 0 Å². The summed E-state index contributed by atoms with van der Waals surface area (Å²) in [7, 11) is 0. The lowest BCUT2D eigenvalue weighted by atomic mass is 9.91. The highest BCUT2D eigenvalue weighted by Crippen LogP contribution is 2.36. The second kappa shape index (κ2) is 10.4. The van der Waals surface area contributed by atoms with Gasteiger partial charge in [-0.05, 0) is 39.1 Å². The van der Waals surface area contributed by atoms with Gasteiger partial charge in [0.15, 0.2) is 17.5 Å². The molecule has 7 rings (SSSR count). The van der Waals surface area contributed by atoms with Crippen LogP contribution in [0.15, 0.2) is 152 Å². The maximum Gasteiger partial charge on any atom is 0.164 e. The Morgan fingerprint density at radius 2 is 0.650 bits per heavy atom. The van der Waals surface area contributed by atoms with Gasteiger partial charge in [-0.3, -0.25) is 0 Å².